The highest BCUT2D eigenvalue weighted by atomic mass is 79.9. The Kier molecular flexibility index (Phi) is 3.90. The van der Waals surface area contributed by atoms with Crippen LogP contribution in [0.1, 0.15) is 22.4 Å². The maximum Gasteiger partial charge on any atom is 0.161 e. The van der Waals surface area contributed by atoms with Crippen LogP contribution in [-0.2, 0) is 0 Å². The van der Waals surface area contributed by atoms with Crippen LogP contribution in [0.5, 0.6) is 0 Å². The van der Waals surface area contributed by atoms with Crippen LogP contribution in [0.25, 0.3) is 11.4 Å². The van der Waals surface area contributed by atoms with Crippen molar-refractivity contribution in [3.05, 3.63) is 39.0 Å². The summed E-state index contributed by atoms with van der Waals surface area (Å²) < 4.78 is 1.15. The standard InChI is InChI=1S/C15H18BrN3/c1-8-6-12(7-9(2)13(8)16)15-18-11(4)10(3)14(17-5)19-15/h6-7H,1-5H3,(H,17,18,19). The third-order valence-electron chi connectivity index (χ3n) is 3.32. The zero-order chi connectivity index (χ0) is 14.2. The third-order valence-corrected chi connectivity index (χ3v) is 4.57. The van der Waals surface area contributed by atoms with E-state index in [-0.39, 0.29) is 0 Å². The molecule has 0 atom stereocenters. The second-order valence-electron chi connectivity index (χ2n) is 4.78. The molecule has 0 bridgehead atoms. The van der Waals surface area contributed by atoms with Crippen molar-refractivity contribution < 1.29 is 0 Å². The van der Waals surface area contributed by atoms with E-state index in [0.717, 1.165) is 32.9 Å². The van der Waals surface area contributed by atoms with Crippen LogP contribution in [0.3, 0.4) is 0 Å². The fraction of sp³-hybridized carbons (Fsp3) is 0.333. The summed E-state index contributed by atoms with van der Waals surface area (Å²) in [4.78, 5) is 9.19. The number of halogens is 1. The molecule has 1 heterocycles. The van der Waals surface area contributed by atoms with E-state index in [0.29, 0.717) is 0 Å². The number of nitrogens with zero attached hydrogens (tertiary/aromatic N) is 2. The minimum atomic E-state index is 0.770. The van der Waals surface area contributed by atoms with Crippen LogP contribution in [0.15, 0.2) is 16.6 Å². The van der Waals surface area contributed by atoms with Gasteiger partial charge in [0.1, 0.15) is 5.82 Å². The summed E-state index contributed by atoms with van der Waals surface area (Å²) in [6.45, 7) is 8.21. The van der Waals surface area contributed by atoms with Crippen molar-refractivity contribution in [3.63, 3.8) is 0 Å². The fourth-order valence-electron chi connectivity index (χ4n) is 2.08. The molecule has 4 heteroatoms. The SMILES string of the molecule is CNc1nc(-c2cc(C)c(Br)c(C)c2)nc(C)c1C. The first kappa shape index (κ1) is 14.0. The van der Waals surface area contributed by atoms with Gasteiger partial charge in [-0.15, -0.1) is 0 Å². The van der Waals surface area contributed by atoms with Crippen LogP contribution in [-0.4, -0.2) is 17.0 Å². The Labute approximate surface area is 122 Å². The highest BCUT2D eigenvalue weighted by Crippen LogP contribution is 2.28. The summed E-state index contributed by atoms with van der Waals surface area (Å²) in [7, 11) is 1.89. The largest absolute Gasteiger partial charge is 0.373 e. The van der Waals surface area contributed by atoms with Gasteiger partial charge in [-0.1, -0.05) is 15.9 Å². The van der Waals surface area contributed by atoms with E-state index in [1.807, 2.05) is 20.9 Å². The number of aromatic nitrogens is 2. The van der Waals surface area contributed by atoms with Gasteiger partial charge in [0.2, 0.25) is 0 Å². The number of rotatable bonds is 2. The molecular formula is C15H18BrN3. The number of nitrogens with one attached hydrogen (secondary N) is 1. The van der Waals surface area contributed by atoms with Crippen LogP contribution in [0.2, 0.25) is 0 Å². The average Bonchev–Trinajstić information content (AvgIpc) is 2.38. The Morgan fingerprint density at radius 1 is 1.00 bits per heavy atom. The van der Waals surface area contributed by atoms with Gasteiger partial charge < -0.3 is 5.32 Å². The number of aryl methyl sites for hydroxylation is 3. The molecule has 0 spiro atoms. The van der Waals surface area contributed by atoms with Gasteiger partial charge >= 0.3 is 0 Å². The van der Waals surface area contributed by atoms with Crippen molar-refractivity contribution in [2.24, 2.45) is 0 Å². The topological polar surface area (TPSA) is 37.8 Å². The van der Waals surface area contributed by atoms with E-state index in [1.165, 1.54) is 11.1 Å². The van der Waals surface area contributed by atoms with Crippen LogP contribution in [0, 0.1) is 27.7 Å². The van der Waals surface area contributed by atoms with Gasteiger partial charge in [0.15, 0.2) is 5.82 Å². The number of hydrogen-bond acceptors (Lipinski definition) is 3. The molecule has 19 heavy (non-hydrogen) atoms. The average molecular weight is 320 g/mol. The maximum absolute atomic E-state index is 4.60. The molecule has 3 nitrogen and oxygen atoms in total. The zero-order valence-corrected chi connectivity index (χ0v) is 13.5. The van der Waals surface area contributed by atoms with Gasteiger partial charge in [-0.2, -0.15) is 0 Å². The maximum atomic E-state index is 4.60. The molecule has 1 aromatic carbocycles. The minimum Gasteiger partial charge on any atom is -0.373 e. The van der Waals surface area contributed by atoms with Gasteiger partial charge in [0.05, 0.1) is 0 Å². The molecule has 0 aliphatic carbocycles. The minimum absolute atomic E-state index is 0.770. The first-order valence-electron chi connectivity index (χ1n) is 6.24. The number of anilines is 1. The lowest BCUT2D eigenvalue weighted by molar-refractivity contribution is 1.07. The summed E-state index contributed by atoms with van der Waals surface area (Å²) in [5.41, 5.74) is 5.55. The van der Waals surface area contributed by atoms with Crippen molar-refractivity contribution in [2.75, 3.05) is 12.4 Å². The van der Waals surface area contributed by atoms with E-state index < -0.39 is 0 Å². The Hall–Kier alpha value is -1.42. The van der Waals surface area contributed by atoms with Gasteiger partial charge in [0.25, 0.3) is 0 Å². The van der Waals surface area contributed by atoms with Crippen molar-refractivity contribution >= 4 is 21.7 Å². The molecule has 0 fully saturated rings. The molecule has 2 rings (SSSR count). The van der Waals surface area contributed by atoms with Gasteiger partial charge in [0, 0.05) is 28.3 Å². The van der Waals surface area contributed by atoms with E-state index in [1.54, 1.807) is 0 Å². The lowest BCUT2D eigenvalue weighted by Crippen LogP contribution is -2.03. The molecule has 0 aliphatic rings. The smallest absolute Gasteiger partial charge is 0.161 e. The fourth-order valence-corrected chi connectivity index (χ4v) is 2.31. The van der Waals surface area contributed by atoms with Crippen LogP contribution < -0.4 is 5.32 Å². The molecule has 2 aromatic rings. The van der Waals surface area contributed by atoms with Crippen LogP contribution >= 0.6 is 15.9 Å². The highest BCUT2D eigenvalue weighted by Gasteiger charge is 2.10. The summed E-state index contributed by atoms with van der Waals surface area (Å²) in [6, 6.07) is 4.22. The number of hydrogen-bond donors (Lipinski definition) is 1. The second kappa shape index (κ2) is 5.29. The highest BCUT2D eigenvalue weighted by molar-refractivity contribution is 9.10. The zero-order valence-electron chi connectivity index (χ0n) is 11.9. The molecule has 0 radical (unpaired) electrons. The van der Waals surface area contributed by atoms with Crippen molar-refractivity contribution in [3.8, 4) is 11.4 Å². The van der Waals surface area contributed by atoms with Crippen LogP contribution in [0.4, 0.5) is 5.82 Å². The summed E-state index contributed by atoms with van der Waals surface area (Å²) in [5, 5.41) is 3.13. The van der Waals surface area contributed by atoms with Gasteiger partial charge in [-0.25, -0.2) is 9.97 Å². The molecule has 0 aliphatic heterocycles. The van der Waals surface area contributed by atoms with Crippen molar-refractivity contribution in [1.29, 1.82) is 0 Å². The third kappa shape index (κ3) is 2.63. The van der Waals surface area contributed by atoms with Crippen molar-refractivity contribution in [1.82, 2.24) is 9.97 Å². The Balaban J connectivity index is 2.62. The molecule has 1 N–H and O–H groups in total. The first-order chi connectivity index (χ1) is 8.93. The molecule has 0 unspecified atom stereocenters. The normalized spacial score (nSPS) is 10.6. The predicted octanol–water partition coefficient (Wildman–Crippen LogP) is 4.18. The van der Waals surface area contributed by atoms with E-state index in [9.17, 15) is 0 Å². The Morgan fingerprint density at radius 3 is 2.11 bits per heavy atom. The molecule has 0 saturated carbocycles. The first-order valence-corrected chi connectivity index (χ1v) is 7.03. The van der Waals surface area contributed by atoms with Gasteiger partial charge in [-0.3, -0.25) is 0 Å². The summed E-state index contributed by atoms with van der Waals surface area (Å²) in [6.07, 6.45) is 0. The molecular weight excluding hydrogens is 302 g/mol. The van der Waals surface area contributed by atoms with E-state index in [4.69, 9.17) is 0 Å². The molecule has 0 saturated heterocycles. The van der Waals surface area contributed by atoms with Crippen molar-refractivity contribution in [2.45, 2.75) is 27.7 Å². The monoisotopic (exact) mass is 319 g/mol. The Bertz CT molecular complexity index is 613. The molecule has 100 valence electrons. The Morgan fingerprint density at radius 2 is 1.58 bits per heavy atom. The predicted molar refractivity (Wildman–Crippen MR) is 83.7 cm³/mol. The number of benzene rings is 1. The van der Waals surface area contributed by atoms with E-state index in [2.05, 4.69) is 57.2 Å². The van der Waals surface area contributed by atoms with E-state index >= 15 is 0 Å². The lowest BCUT2D eigenvalue weighted by atomic mass is 10.1. The van der Waals surface area contributed by atoms with Gasteiger partial charge in [-0.05, 0) is 51.0 Å². The molecule has 0 amide bonds. The second-order valence-corrected chi connectivity index (χ2v) is 5.57. The lowest BCUT2D eigenvalue weighted by Gasteiger charge is -2.11. The quantitative estimate of drug-likeness (QED) is 0.902. The summed E-state index contributed by atoms with van der Waals surface area (Å²) >= 11 is 3.59. The summed E-state index contributed by atoms with van der Waals surface area (Å²) in [5.74, 6) is 1.66. The molecule has 1 aromatic heterocycles.